The number of benzene rings is 1. The van der Waals surface area contributed by atoms with Crippen molar-refractivity contribution in [2.75, 3.05) is 0 Å². The first kappa shape index (κ1) is 18.7. The zero-order valence-corrected chi connectivity index (χ0v) is 15.0. The molecule has 1 aromatic rings. The van der Waals surface area contributed by atoms with Crippen molar-refractivity contribution < 1.29 is 19.5 Å². The highest BCUT2D eigenvalue weighted by atomic mass is 35.5. The van der Waals surface area contributed by atoms with Crippen LogP contribution in [0.3, 0.4) is 0 Å². The summed E-state index contributed by atoms with van der Waals surface area (Å²) < 4.78 is -0.00761. The summed E-state index contributed by atoms with van der Waals surface area (Å²) in [5.74, 6) is -3.16. The number of hydrogen-bond acceptors (Lipinski definition) is 6. The third-order valence-electron chi connectivity index (χ3n) is 3.05. The van der Waals surface area contributed by atoms with Crippen LogP contribution in [-0.4, -0.2) is 33.0 Å². The number of carbonyl (C=O) groups is 3. The number of rotatable bonds is 5. The average Bonchev–Trinajstić information content (AvgIpc) is 2.74. The van der Waals surface area contributed by atoms with Gasteiger partial charge in [-0.1, -0.05) is 53.2 Å². The first-order chi connectivity index (χ1) is 11.2. The molecular weight excluding hydrogens is 395 g/mol. The molecule has 0 saturated carbocycles. The number of thiocarbonyl (C=S) groups is 1. The van der Waals surface area contributed by atoms with Crippen molar-refractivity contribution >= 4 is 75.4 Å². The second-order valence-corrected chi connectivity index (χ2v) is 7.24. The van der Waals surface area contributed by atoms with Crippen molar-refractivity contribution in [2.24, 2.45) is 5.73 Å². The molecule has 6 nitrogen and oxygen atoms in total. The highest BCUT2D eigenvalue weighted by molar-refractivity contribution is 8.26. The van der Waals surface area contributed by atoms with Crippen LogP contribution < -0.4 is 10.8 Å². The molecule has 2 amide bonds. The number of halogens is 2. The topological polar surface area (TPSA) is 104 Å². The summed E-state index contributed by atoms with van der Waals surface area (Å²) >= 11 is 17.8. The third-order valence-corrected chi connectivity index (χ3v) is 4.94. The number of carbonyl (C=O) groups excluding carboxylic acids is 3. The van der Waals surface area contributed by atoms with E-state index in [1.165, 1.54) is 12.1 Å². The van der Waals surface area contributed by atoms with Crippen LogP contribution in [-0.2, 0) is 14.4 Å². The van der Waals surface area contributed by atoms with Gasteiger partial charge in [0.1, 0.15) is 4.32 Å². The van der Waals surface area contributed by atoms with E-state index in [-0.39, 0.29) is 9.23 Å². The summed E-state index contributed by atoms with van der Waals surface area (Å²) in [7, 11) is 0. The van der Waals surface area contributed by atoms with Crippen LogP contribution in [0.15, 0.2) is 23.1 Å². The molecule has 0 aromatic heterocycles. The summed E-state index contributed by atoms with van der Waals surface area (Å²) in [5.41, 5.74) is 5.53. The molecule has 24 heavy (non-hydrogen) atoms. The fourth-order valence-corrected chi connectivity index (χ4v) is 3.79. The SMILES string of the molecule is NC(=O)C[C@H](C(=O)[O-])N1C(=O)/C(=C\c2ccc(Cl)cc2Cl)SC1=S. The zero-order valence-electron chi connectivity index (χ0n) is 11.8. The molecule has 0 bridgehead atoms. The molecule has 1 aliphatic rings. The molecule has 0 spiro atoms. The van der Waals surface area contributed by atoms with Gasteiger partial charge in [0.15, 0.2) is 0 Å². The lowest BCUT2D eigenvalue weighted by atomic mass is 10.1. The van der Waals surface area contributed by atoms with Gasteiger partial charge in [0.05, 0.1) is 23.3 Å². The standard InChI is InChI=1S/C14H10Cl2N2O4S2/c15-7-2-1-6(8(16)4-7)3-10-12(20)18(14(23)24-10)9(13(21)22)5-11(17)19/h1-4,9H,5H2,(H2,17,19)(H,21,22)/p-1/b10-3+/t9-/m1/s1. The lowest BCUT2D eigenvalue weighted by molar-refractivity contribution is -0.310. The van der Waals surface area contributed by atoms with E-state index in [0.717, 1.165) is 16.7 Å². The molecule has 1 heterocycles. The van der Waals surface area contributed by atoms with E-state index in [1.807, 2.05) is 0 Å². The van der Waals surface area contributed by atoms with Gasteiger partial charge in [-0.05, 0) is 23.8 Å². The maximum atomic E-state index is 12.5. The number of nitrogens with zero attached hydrogens (tertiary/aromatic N) is 1. The Morgan fingerprint density at radius 2 is 2.08 bits per heavy atom. The molecule has 1 saturated heterocycles. The summed E-state index contributed by atoms with van der Waals surface area (Å²) in [4.78, 5) is 35.7. The summed E-state index contributed by atoms with van der Waals surface area (Å²) in [6.45, 7) is 0. The highest BCUT2D eigenvalue weighted by Gasteiger charge is 2.38. The lowest BCUT2D eigenvalue weighted by Crippen LogP contribution is -2.51. The van der Waals surface area contributed by atoms with Gasteiger partial charge >= 0.3 is 0 Å². The average molecular weight is 404 g/mol. The van der Waals surface area contributed by atoms with Crippen LogP contribution in [0.5, 0.6) is 0 Å². The molecule has 2 rings (SSSR count). The largest absolute Gasteiger partial charge is 0.548 e. The second-order valence-electron chi connectivity index (χ2n) is 4.72. The Balaban J connectivity index is 2.35. The number of carboxylic acids is 1. The minimum atomic E-state index is -1.61. The van der Waals surface area contributed by atoms with Crippen molar-refractivity contribution in [1.29, 1.82) is 0 Å². The zero-order chi connectivity index (χ0) is 18.0. The number of aliphatic carboxylic acids is 1. The predicted molar refractivity (Wildman–Crippen MR) is 94.1 cm³/mol. The minimum Gasteiger partial charge on any atom is -0.548 e. The number of carboxylic acid groups (broad SMARTS) is 1. The fraction of sp³-hybridized carbons (Fsp3) is 0.143. The van der Waals surface area contributed by atoms with Crippen LogP contribution in [0.4, 0.5) is 0 Å². The van der Waals surface area contributed by atoms with Crippen molar-refractivity contribution in [3.8, 4) is 0 Å². The Morgan fingerprint density at radius 1 is 1.42 bits per heavy atom. The van der Waals surface area contributed by atoms with Gasteiger partial charge in [-0.25, -0.2) is 0 Å². The molecule has 0 aliphatic carbocycles. The first-order valence-corrected chi connectivity index (χ1v) is 8.40. The Kier molecular flexibility index (Phi) is 5.87. The number of hydrogen-bond donors (Lipinski definition) is 1. The summed E-state index contributed by atoms with van der Waals surface area (Å²) in [6, 6.07) is 3.15. The predicted octanol–water partition coefficient (Wildman–Crippen LogP) is 1.19. The summed E-state index contributed by atoms with van der Waals surface area (Å²) in [5, 5.41) is 12.0. The maximum Gasteiger partial charge on any atom is 0.266 e. The van der Waals surface area contributed by atoms with Crippen LogP contribution in [0, 0.1) is 0 Å². The monoisotopic (exact) mass is 403 g/mol. The van der Waals surface area contributed by atoms with Gasteiger partial charge in [0.25, 0.3) is 5.91 Å². The number of thioether (sulfide) groups is 1. The molecule has 2 N–H and O–H groups in total. The maximum absolute atomic E-state index is 12.5. The number of amides is 2. The number of nitrogens with two attached hydrogens (primary N) is 1. The van der Waals surface area contributed by atoms with Crippen LogP contribution in [0.25, 0.3) is 6.08 Å². The Labute approximate surface area is 156 Å². The van der Waals surface area contributed by atoms with E-state index in [9.17, 15) is 19.5 Å². The molecule has 0 unspecified atom stereocenters. The smallest absolute Gasteiger partial charge is 0.266 e. The van der Waals surface area contributed by atoms with Crippen LogP contribution >= 0.6 is 47.2 Å². The van der Waals surface area contributed by atoms with Crippen molar-refractivity contribution in [3.05, 3.63) is 38.7 Å². The molecule has 1 fully saturated rings. The van der Waals surface area contributed by atoms with Crippen molar-refractivity contribution in [2.45, 2.75) is 12.5 Å². The molecule has 1 aliphatic heterocycles. The Hall–Kier alpha value is -1.61. The quantitative estimate of drug-likeness (QED) is 0.584. The Bertz CT molecular complexity index is 782. The molecule has 0 radical (unpaired) electrons. The van der Waals surface area contributed by atoms with E-state index < -0.39 is 30.2 Å². The van der Waals surface area contributed by atoms with E-state index in [0.29, 0.717) is 15.6 Å². The third kappa shape index (κ3) is 4.07. The molecule has 126 valence electrons. The number of primary amides is 1. The van der Waals surface area contributed by atoms with Crippen molar-refractivity contribution in [3.63, 3.8) is 0 Å². The van der Waals surface area contributed by atoms with Crippen LogP contribution in [0.1, 0.15) is 12.0 Å². The van der Waals surface area contributed by atoms with Gasteiger partial charge in [0.2, 0.25) is 5.91 Å². The van der Waals surface area contributed by atoms with Crippen LogP contribution in [0.2, 0.25) is 10.0 Å². The van der Waals surface area contributed by atoms with E-state index in [2.05, 4.69) is 0 Å². The second kappa shape index (κ2) is 7.52. The summed E-state index contributed by atoms with van der Waals surface area (Å²) in [6.07, 6.45) is 0.873. The van der Waals surface area contributed by atoms with Gasteiger partial charge in [-0.15, -0.1) is 0 Å². The van der Waals surface area contributed by atoms with Crippen molar-refractivity contribution in [1.82, 2.24) is 4.90 Å². The van der Waals surface area contributed by atoms with E-state index in [1.54, 1.807) is 12.1 Å². The van der Waals surface area contributed by atoms with Gasteiger partial charge < -0.3 is 15.6 Å². The molecule has 1 aromatic carbocycles. The molecule has 1 atom stereocenters. The van der Waals surface area contributed by atoms with Gasteiger partial charge in [-0.2, -0.15) is 0 Å². The lowest BCUT2D eigenvalue weighted by Gasteiger charge is -2.26. The normalized spacial score (nSPS) is 17.4. The van der Waals surface area contributed by atoms with E-state index in [4.69, 9.17) is 41.2 Å². The Morgan fingerprint density at radius 3 is 2.62 bits per heavy atom. The highest BCUT2D eigenvalue weighted by Crippen LogP contribution is 2.35. The minimum absolute atomic E-state index is 0.00761. The molecule has 10 heteroatoms. The van der Waals surface area contributed by atoms with Gasteiger partial charge in [-0.3, -0.25) is 14.5 Å². The molecular formula is C14H9Cl2N2O4S2-. The first-order valence-electron chi connectivity index (χ1n) is 6.42. The fourth-order valence-electron chi connectivity index (χ4n) is 1.98. The van der Waals surface area contributed by atoms with E-state index >= 15 is 0 Å². The van der Waals surface area contributed by atoms with Gasteiger partial charge in [0, 0.05) is 10.0 Å².